The predicted octanol–water partition coefficient (Wildman–Crippen LogP) is 2.24. The first kappa shape index (κ1) is 16.9. The molecule has 0 aromatic heterocycles. The second-order valence-corrected chi connectivity index (χ2v) is 4.31. The molecule has 0 fully saturated rings. The van der Waals surface area contributed by atoms with Gasteiger partial charge in [0.1, 0.15) is 0 Å². The molecule has 1 unspecified atom stereocenters. The molecule has 0 aromatic carbocycles. The topological polar surface area (TPSA) is 72.8 Å². The van der Waals surface area contributed by atoms with Gasteiger partial charge in [0, 0.05) is 13.7 Å². The first-order valence-electron chi connectivity index (χ1n) is 6.44. The quantitative estimate of drug-likeness (QED) is 0.370. The SMILES string of the molecule is CCCC(CCCCOC)(C(=O)O)C(=O)OCC. The molecule has 0 spiro atoms. The van der Waals surface area contributed by atoms with Gasteiger partial charge < -0.3 is 14.6 Å². The zero-order chi connectivity index (χ0) is 14.0. The van der Waals surface area contributed by atoms with Gasteiger partial charge in [0.05, 0.1) is 6.61 Å². The number of carbonyl (C=O) groups is 2. The van der Waals surface area contributed by atoms with Crippen molar-refractivity contribution in [2.45, 2.75) is 46.0 Å². The highest BCUT2D eigenvalue weighted by Crippen LogP contribution is 2.32. The lowest BCUT2D eigenvalue weighted by Gasteiger charge is -2.26. The first-order valence-corrected chi connectivity index (χ1v) is 6.44. The lowest BCUT2D eigenvalue weighted by Crippen LogP contribution is -2.40. The van der Waals surface area contributed by atoms with E-state index in [0.29, 0.717) is 32.3 Å². The molecule has 0 heterocycles. The molecule has 0 aliphatic carbocycles. The molecule has 106 valence electrons. The number of aliphatic carboxylic acids is 1. The zero-order valence-electron chi connectivity index (χ0n) is 11.5. The fourth-order valence-corrected chi connectivity index (χ4v) is 2.00. The largest absolute Gasteiger partial charge is 0.480 e. The molecular formula is C13H24O5. The smallest absolute Gasteiger partial charge is 0.323 e. The van der Waals surface area contributed by atoms with Crippen molar-refractivity contribution in [3.05, 3.63) is 0 Å². The zero-order valence-corrected chi connectivity index (χ0v) is 11.5. The third-order valence-electron chi connectivity index (χ3n) is 2.95. The van der Waals surface area contributed by atoms with Gasteiger partial charge in [-0.15, -0.1) is 0 Å². The molecule has 0 saturated heterocycles. The van der Waals surface area contributed by atoms with Gasteiger partial charge in [0.25, 0.3) is 0 Å². The van der Waals surface area contributed by atoms with Crippen LogP contribution in [0.5, 0.6) is 0 Å². The van der Waals surface area contributed by atoms with Crippen LogP contribution in [0.15, 0.2) is 0 Å². The van der Waals surface area contributed by atoms with Crippen LogP contribution in [0, 0.1) is 5.41 Å². The van der Waals surface area contributed by atoms with Gasteiger partial charge in [-0.05, 0) is 32.6 Å². The lowest BCUT2D eigenvalue weighted by molar-refractivity contribution is -0.170. The summed E-state index contributed by atoms with van der Waals surface area (Å²) in [6.07, 6.45) is 2.63. The van der Waals surface area contributed by atoms with Crippen molar-refractivity contribution >= 4 is 11.9 Å². The molecule has 0 aliphatic heterocycles. The molecular weight excluding hydrogens is 236 g/mol. The number of hydrogen-bond donors (Lipinski definition) is 1. The summed E-state index contributed by atoms with van der Waals surface area (Å²) in [6, 6.07) is 0. The standard InChI is InChI=1S/C13H24O5/c1-4-8-13(11(14)15,12(16)18-5-2)9-6-7-10-17-3/h4-10H2,1-3H3,(H,14,15). The summed E-state index contributed by atoms with van der Waals surface area (Å²) in [5, 5.41) is 9.38. The second kappa shape index (κ2) is 8.91. The van der Waals surface area contributed by atoms with Crippen LogP contribution in [0.1, 0.15) is 46.0 Å². The van der Waals surface area contributed by atoms with E-state index in [1.54, 1.807) is 14.0 Å². The minimum absolute atomic E-state index is 0.204. The van der Waals surface area contributed by atoms with Crippen molar-refractivity contribution in [1.82, 2.24) is 0 Å². The molecule has 18 heavy (non-hydrogen) atoms. The number of carboxylic acid groups (broad SMARTS) is 1. The Balaban J connectivity index is 4.74. The van der Waals surface area contributed by atoms with E-state index in [4.69, 9.17) is 9.47 Å². The van der Waals surface area contributed by atoms with Gasteiger partial charge in [-0.1, -0.05) is 13.3 Å². The van der Waals surface area contributed by atoms with Gasteiger partial charge in [-0.25, -0.2) is 0 Å². The Morgan fingerprint density at radius 3 is 2.28 bits per heavy atom. The van der Waals surface area contributed by atoms with Gasteiger partial charge in [-0.2, -0.15) is 0 Å². The average Bonchev–Trinajstić information content (AvgIpc) is 2.33. The molecule has 0 aromatic rings. The summed E-state index contributed by atoms with van der Waals surface area (Å²) in [6.45, 7) is 4.33. The number of carboxylic acids is 1. The van der Waals surface area contributed by atoms with Gasteiger partial charge >= 0.3 is 11.9 Å². The molecule has 0 amide bonds. The van der Waals surface area contributed by atoms with Gasteiger partial charge in [0.2, 0.25) is 0 Å². The third kappa shape index (κ3) is 4.64. The van der Waals surface area contributed by atoms with Crippen LogP contribution in [0.25, 0.3) is 0 Å². The molecule has 0 aliphatic rings. The summed E-state index contributed by atoms with van der Waals surface area (Å²) in [5.74, 6) is -1.70. The van der Waals surface area contributed by atoms with Crippen molar-refractivity contribution in [1.29, 1.82) is 0 Å². The average molecular weight is 260 g/mol. The van der Waals surface area contributed by atoms with Gasteiger partial charge in [-0.3, -0.25) is 9.59 Å². The highest BCUT2D eigenvalue weighted by atomic mass is 16.5. The fraction of sp³-hybridized carbons (Fsp3) is 0.846. The number of ether oxygens (including phenoxy) is 2. The third-order valence-corrected chi connectivity index (χ3v) is 2.95. The van der Waals surface area contributed by atoms with Crippen LogP contribution in [0.2, 0.25) is 0 Å². The Labute approximate surface area is 108 Å². The van der Waals surface area contributed by atoms with Crippen molar-refractivity contribution in [2.24, 2.45) is 5.41 Å². The molecule has 0 bridgehead atoms. The van der Waals surface area contributed by atoms with E-state index < -0.39 is 17.4 Å². The van der Waals surface area contributed by atoms with Crippen LogP contribution >= 0.6 is 0 Å². The van der Waals surface area contributed by atoms with Crippen LogP contribution in [-0.2, 0) is 19.1 Å². The maximum absolute atomic E-state index is 11.9. The Kier molecular flexibility index (Phi) is 8.37. The predicted molar refractivity (Wildman–Crippen MR) is 67.3 cm³/mol. The van der Waals surface area contributed by atoms with Gasteiger partial charge in [0.15, 0.2) is 5.41 Å². The Bertz CT molecular complexity index is 264. The molecule has 0 rings (SSSR count). The van der Waals surface area contributed by atoms with E-state index in [2.05, 4.69) is 0 Å². The van der Waals surface area contributed by atoms with Crippen molar-refractivity contribution in [2.75, 3.05) is 20.3 Å². The molecule has 1 N–H and O–H groups in total. The van der Waals surface area contributed by atoms with E-state index in [0.717, 1.165) is 6.42 Å². The number of hydrogen-bond acceptors (Lipinski definition) is 4. The summed E-state index contributed by atoms with van der Waals surface area (Å²) < 4.78 is 9.85. The van der Waals surface area contributed by atoms with E-state index in [1.807, 2.05) is 6.92 Å². The summed E-state index contributed by atoms with van der Waals surface area (Å²) >= 11 is 0. The van der Waals surface area contributed by atoms with Crippen LogP contribution in [0.3, 0.4) is 0 Å². The number of rotatable bonds is 10. The molecule has 5 nitrogen and oxygen atoms in total. The fourth-order valence-electron chi connectivity index (χ4n) is 2.00. The molecule has 5 heteroatoms. The van der Waals surface area contributed by atoms with Crippen LogP contribution < -0.4 is 0 Å². The molecule has 1 atom stereocenters. The maximum atomic E-state index is 11.9. The minimum Gasteiger partial charge on any atom is -0.480 e. The Morgan fingerprint density at radius 2 is 1.83 bits per heavy atom. The van der Waals surface area contributed by atoms with E-state index in [-0.39, 0.29) is 6.61 Å². The van der Waals surface area contributed by atoms with Crippen molar-refractivity contribution in [3.63, 3.8) is 0 Å². The second-order valence-electron chi connectivity index (χ2n) is 4.31. The highest BCUT2D eigenvalue weighted by Gasteiger charge is 2.46. The summed E-state index contributed by atoms with van der Waals surface area (Å²) in [4.78, 5) is 23.4. The molecule has 0 radical (unpaired) electrons. The lowest BCUT2D eigenvalue weighted by atomic mass is 9.78. The maximum Gasteiger partial charge on any atom is 0.323 e. The number of carbonyl (C=O) groups excluding carboxylic acids is 1. The summed E-state index contributed by atoms with van der Waals surface area (Å²) in [5.41, 5.74) is -1.39. The van der Waals surface area contributed by atoms with E-state index in [1.165, 1.54) is 0 Å². The highest BCUT2D eigenvalue weighted by molar-refractivity contribution is 5.99. The number of unbranched alkanes of at least 4 members (excludes halogenated alkanes) is 1. The van der Waals surface area contributed by atoms with Crippen molar-refractivity contribution < 1.29 is 24.2 Å². The Hall–Kier alpha value is -1.10. The Morgan fingerprint density at radius 1 is 1.17 bits per heavy atom. The molecule has 0 saturated carbocycles. The van der Waals surface area contributed by atoms with Crippen molar-refractivity contribution in [3.8, 4) is 0 Å². The van der Waals surface area contributed by atoms with Crippen LogP contribution in [-0.4, -0.2) is 37.4 Å². The number of esters is 1. The normalized spacial score (nSPS) is 13.9. The van der Waals surface area contributed by atoms with Crippen LogP contribution in [0.4, 0.5) is 0 Å². The minimum atomic E-state index is -1.39. The number of methoxy groups -OCH3 is 1. The van der Waals surface area contributed by atoms with E-state index >= 15 is 0 Å². The first-order chi connectivity index (χ1) is 8.55. The van der Waals surface area contributed by atoms with E-state index in [9.17, 15) is 14.7 Å². The monoisotopic (exact) mass is 260 g/mol. The summed E-state index contributed by atoms with van der Waals surface area (Å²) in [7, 11) is 1.60.